The molecule has 5 aliphatic rings. The number of hydrogen-bond acceptors (Lipinski definition) is 13. The van der Waals surface area contributed by atoms with Crippen LogP contribution in [0.5, 0.6) is 0 Å². The van der Waals surface area contributed by atoms with Crippen LogP contribution in [0.15, 0.2) is 12.2 Å². The first-order valence-corrected chi connectivity index (χ1v) is 18.7. The summed E-state index contributed by atoms with van der Waals surface area (Å²) in [6.07, 6.45) is -4.99. The van der Waals surface area contributed by atoms with Crippen molar-refractivity contribution in [2.75, 3.05) is 4.43 Å². The van der Waals surface area contributed by atoms with Crippen LogP contribution in [0.25, 0.3) is 0 Å². The van der Waals surface area contributed by atoms with Gasteiger partial charge in [-0.25, -0.2) is 13.3 Å². The Morgan fingerprint density at radius 3 is 2.50 bits per heavy atom. The van der Waals surface area contributed by atoms with Crippen molar-refractivity contribution in [2.24, 2.45) is 40.4 Å². The van der Waals surface area contributed by atoms with E-state index in [2.05, 4.69) is 18.5 Å². The van der Waals surface area contributed by atoms with Gasteiger partial charge in [0.05, 0.1) is 18.1 Å². The SMILES string of the molecule is C=C1C2CCC3C4(C)CC(OC5OC(C[125I])C(OO[O-])[C@H](OS(=O)(=O)[O-])C5OC(=O)CC(C)C)CC(C(=O)O)C4CCC3(C2)C1O. The zero-order chi connectivity index (χ0) is 33.8. The summed E-state index contributed by atoms with van der Waals surface area (Å²) < 4.78 is 58.6. The summed E-state index contributed by atoms with van der Waals surface area (Å²) >= 11 is 1.89. The largest absolute Gasteiger partial charge is 0.726 e. The van der Waals surface area contributed by atoms with Crippen LogP contribution in [0.4, 0.5) is 0 Å². The van der Waals surface area contributed by atoms with Gasteiger partial charge in [-0.15, -0.1) is 0 Å². The van der Waals surface area contributed by atoms with E-state index in [9.17, 15) is 38.0 Å². The summed E-state index contributed by atoms with van der Waals surface area (Å²) in [6, 6.07) is 0. The number of aliphatic hydroxyl groups is 1. The molecule has 5 rings (SSSR count). The molecule has 5 fully saturated rings. The molecule has 1 saturated heterocycles. The lowest BCUT2D eigenvalue weighted by atomic mass is 9.43. The summed E-state index contributed by atoms with van der Waals surface area (Å²) in [7, 11) is -5.43. The van der Waals surface area contributed by atoms with Crippen molar-refractivity contribution in [3.8, 4) is 0 Å². The van der Waals surface area contributed by atoms with E-state index < -0.39 is 82.0 Å². The third-order valence-electron chi connectivity index (χ3n) is 11.4. The van der Waals surface area contributed by atoms with Crippen LogP contribution in [0.3, 0.4) is 0 Å². The molecule has 2 bridgehead atoms. The lowest BCUT2D eigenvalue weighted by Crippen LogP contribution is -2.64. The molecule has 14 nitrogen and oxygen atoms in total. The molecule has 12 unspecified atom stereocenters. The molecule has 46 heavy (non-hydrogen) atoms. The molecule has 1 aliphatic heterocycles. The highest BCUT2D eigenvalue weighted by molar-refractivity contribution is 14.1. The molecule has 0 aromatic carbocycles. The number of carboxylic acid groups (broad SMARTS) is 1. The third-order valence-corrected chi connectivity index (χ3v) is 12.7. The summed E-state index contributed by atoms with van der Waals surface area (Å²) in [5.41, 5.74) is -0.103. The number of hydrogen-bond donors (Lipinski definition) is 2. The number of aliphatic carboxylic acids is 1. The fourth-order valence-corrected chi connectivity index (χ4v) is 10.9. The van der Waals surface area contributed by atoms with Crippen LogP contribution in [0, 0.1) is 40.4 Å². The van der Waals surface area contributed by atoms with E-state index >= 15 is 0 Å². The molecular formula is C30H43IO14S-2. The van der Waals surface area contributed by atoms with Gasteiger partial charge in [0.2, 0.25) is 10.4 Å². The Balaban J connectivity index is 1.49. The Bertz CT molecular complexity index is 1280. The quantitative estimate of drug-likeness (QED) is 0.0354. The van der Waals surface area contributed by atoms with Gasteiger partial charge in [0.1, 0.15) is 12.2 Å². The predicted octanol–water partition coefficient (Wildman–Crippen LogP) is 2.17. The molecule has 4 aliphatic carbocycles. The lowest BCUT2D eigenvalue weighted by molar-refractivity contribution is -0.807. The first-order valence-electron chi connectivity index (χ1n) is 15.8. The van der Waals surface area contributed by atoms with Gasteiger partial charge in [0, 0.05) is 16.3 Å². The van der Waals surface area contributed by atoms with Crippen molar-refractivity contribution in [3.63, 3.8) is 0 Å². The maximum absolute atomic E-state index is 12.9. The van der Waals surface area contributed by atoms with Crippen LogP contribution in [-0.4, -0.2) is 82.5 Å². The topological polar surface area (TPSA) is 210 Å². The molecule has 262 valence electrons. The first kappa shape index (κ1) is 36.3. The average molecular weight is 785 g/mol. The summed E-state index contributed by atoms with van der Waals surface area (Å²) in [5, 5.41) is 36.5. The Kier molecular flexibility index (Phi) is 10.9. The minimum Gasteiger partial charge on any atom is -0.726 e. The third kappa shape index (κ3) is 6.76. The van der Waals surface area contributed by atoms with Crippen LogP contribution < -0.4 is 5.26 Å². The maximum atomic E-state index is 12.9. The van der Waals surface area contributed by atoms with Gasteiger partial charge in [-0.3, -0.25) is 18.8 Å². The monoisotopic (exact) mass is 784 g/mol. The second-order valence-corrected chi connectivity index (χ2v) is 16.3. The Hall–Kier alpha value is -0.960. The number of carbonyl (C=O) groups is 2. The molecular weight excluding hydrogens is 741 g/mol. The van der Waals surface area contributed by atoms with Crippen LogP contribution in [0.1, 0.15) is 72.1 Å². The zero-order valence-corrected chi connectivity index (χ0v) is 29.1. The molecule has 4 saturated carbocycles. The van der Waals surface area contributed by atoms with Crippen molar-refractivity contribution >= 4 is 44.9 Å². The molecule has 13 atom stereocenters. The van der Waals surface area contributed by atoms with E-state index in [4.69, 9.17) is 23.3 Å². The first-order chi connectivity index (χ1) is 21.5. The standard InChI is InChI=1S/C30H45IO14S/c1-14(2)9-22(32)42-25-24(44-46(37,38)39)23(43-45-36)20(13-31)41-28(25)40-17-10-18(27(34)35)19-7-8-30-11-16(15(3)26(30)33)5-6-21(30)29(19,4)12-17/h14,16-21,23-26,28,33,36H,3,5-13H2,1-2,4H3,(H,34,35)(H,37,38,39)/p-2/t16?,17?,18?,19?,20?,21?,23?,24-,25?,26?,28?,29?,30?/m0/s1/i31-2. The number of alkyl halides is 1. The van der Waals surface area contributed by atoms with Crippen LogP contribution in [-0.2, 0) is 48.3 Å². The lowest BCUT2D eigenvalue weighted by Gasteiger charge is -2.62. The number of esters is 1. The fraction of sp³-hybridized carbons (Fsp3) is 0.867. The second-order valence-electron chi connectivity index (χ2n) is 14.4. The normalized spacial score (nSPS) is 44.0. The van der Waals surface area contributed by atoms with E-state index in [-0.39, 0.29) is 40.9 Å². The maximum Gasteiger partial charge on any atom is 0.306 e. The molecule has 0 aromatic rings. The molecule has 0 amide bonds. The van der Waals surface area contributed by atoms with Crippen molar-refractivity contribution < 1.29 is 66.3 Å². The number of ether oxygens (including phenoxy) is 3. The highest BCUT2D eigenvalue weighted by Gasteiger charge is 2.67. The number of carboxylic acids is 1. The van der Waals surface area contributed by atoms with Crippen molar-refractivity contribution in [2.45, 2.75) is 115 Å². The highest BCUT2D eigenvalue weighted by atomic mass is 125. The van der Waals surface area contributed by atoms with E-state index in [1.54, 1.807) is 13.8 Å². The van der Waals surface area contributed by atoms with E-state index in [0.717, 1.165) is 24.8 Å². The second kappa shape index (κ2) is 13.7. The number of halogens is 1. The molecule has 0 aromatic heterocycles. The number of rotatable bonds is 11. The molecule has 2 N–H and O–H groups in total. The number of fused-ring (bicyclic) bond motifs is 3. The number of aliphatic hydroxyl groups excluding tert-OH is 1. The van der Waals surface area contributed by atoms with Crippen LogP contribution >= 0.6 is 22.6 Å². The molecule has 16 heteroatoms. The average Bonchev–Trinajstić information content (AvgIpc) is 3.13. The van der Waals surface area contributed by atoms with E-state index in [1.165, 1.54) is 0 Å². The van der Waals surface area contributed by atoms with Crippen molar-refractivity contribution in [3.05, 3.63) is 12.2 Å². The number of carbonyl (C=O) groups excluding carboxylic acids is 1. The van der Waals surface area contributed by atoms with Gasteiger partial charge in [-0.2, -0.15) is 0 Å². The predicted molar refractivity (Wildman–Crippen MR) is 162 cm³/mol. The van der Waals surface area contributed by atoms with Gasteiger partial charge < -0.3 is 34.2 Å². The van der Waals surface area contributed by atoms with Gasteiger partial charge >= 0.3 is 11.9 Å². The van der Waals surface area contributed by atoms with Gasteiger partial charge in [0.15, 0.2) is 18.5 Å². The summed E-state index contributed by atoms with van der Waals surface area (Å²) in [5.74, 6) is -2.63. The smallest absolute Gasteiger partial charge is 0.306 e. The minimum absolute atomic E-state index is 0.000191. The van der Waals surface area contributed by atoms with Gasteiger partial charge in [0.25, 0.3) is 0 Å². The molecule has 1 spiro atoms. The Morgan fingerprint density at radius 1 is 1.17 bits per heavy atom. The van der Waals surface area contributed by atoms with Crippen LogP contribution in [0.2, 0.25) is 0 Å². The molecule has 1 heterocycles. The summed E-state index contributed by atoms with van der Waals surface area (Å²) in [6.45, 7) is 9.80. The molecule has 0 radical (unpaired) electrons. The van der Waals surface area contributed by atoms with Crippen molar-refractivity contribution in [1.82, 2.24) is 0 Å². The van der Waals surface area contributed by atoms with Crippen molar-refractivity contribution in [1.29, 1.82) is 0 Å². The highest BCUT2D eigenvalue weighted by Crippen LogP contribution is 2.70. The minimum atomic E-state index is -5.43. The van der Waals surface area contributed by atoms with E-state index in [1.807, 2.05) is 22.6 Å². The summed E-state index contributed by atoms with van der Waals surface area (Å²) in [4.78, 5) is 30.4. The Morgan fingerprint density at radius 2 is 1.89 bits per heavy atom. The van der Waals surface area contributed by atoms with E-state index in [0.29, 0.717) is 19.3 Å². The van der Waals surface area contributed by atoms with Gasteiger partial charge in [-0.05, 0) is 79.6 Å². The Labute approximate surface area is 282 Å². The van der Waals surface area contributed by atoms with Gasteiger partial charge in [-0.1, -0.05) is 49.9 Å². The fourth-order valence-electron chi connectivity index (χ4n) is 9.70. The zero-order valence-electron chi connectivity index (χ0n) is 26.1.